The second-order valence-electron chi connectivity index (χ2n) is 4.82. The fourth-order valence-electron chi connectivity index (χ4n) is 2.40. The molecule has 0 aliphatic heterocycles. The fourth-order valence-corrected chi connectivity index (χ4v) is 2.40. The van der Waals surface area contributed by atoms with Crippen LogP contribution < -0.4 is 11.5 Å². The molecule has 4 N–H and O–H groups in total. The number of pyridine rings is 1. The van der Waals surface area contributed by atoms with E-state index in [0.29, 0.717) is 5.82 Å². The summed E-state index contributed by atoms with van der Waals surface area (Å²) in [4.78, 5) is 4.09. The third-order valence-electron chi connectivity index (χ3n) is 3.32. The predicted molar refractivity (Wildman–Crippen MR) is 71.5 cm³/mol. The van der Waals surface area contributed by atoms with E-state index in [1.165, 1.54) is 31.3 Å². The highest BCUT2D eigenvalue weighted by Gasteiger charge is 2.11. The SMILES string of the molecule is Nc1ncccc1CC(N)CC1=CCCCC1. The number of hydrogen-bond acceptors (Lipinski definition) is 3. The maximum Gasteiger partial charge on any atom is 0.126 e. The third-order valence-corrected chi connectivity index (χ3v) is 3.32. The van der Waals surface area contributed by atoms with Crippen molar-refractivity contribution in [3.05, 3.63) is 35.5 Å². The van der Waals surface area contributed by atoms with Crippen LogP contribution in [0.3, 0.4) is 0 Å². The number of hydrogen-bond donors (Lipinski definition) is 2. The van der Waals surface area contributed by atoms with Crippen LogP contribution in [0.4, 0.5) is 5.82 Å². The lowest BCUT2D eigenvalue weighted by atomic mass is 9.92. The maximum absolute atomic E-state index is 6.18. The van der Waals surface area contributed by atoms with Crippen LogP contribution in [0.1, 0.15) is 37.7 Å². The van der Waals surface area contributed by atoms with Crippen molar-refractivity contribution in [2.24, 2.45) is 5.73 Å². The summed E-state index contributed by atoms with van der Waals surface area (Å²) in [6.07, 6.45) is 11.0. The standard InChI is InChI=1S/C14H21N3/c15-13(9-11-5-2-1-3-6-11)10-12-7-4-8-17-14(12)16/h4-5,7-8,13H,1-3,6,9-10,15H2,(H2,16,17). The van der Waals surface area contributed by atoms with Crippen molar-refractivity contribution in [3.8, 4) is 0 Å². The quantitative estimate of drug-likeness (QED) is 0.782. The molecule has 1 atom stereocenters. The predicted octanol–water partition coefficient (Wildman–Crippen LogP) is 2.42. The first kappa shape index (κ1) is 12.1. The molecule has 0 fully saturated rings. The molecule has 1 aliphatic rings. The summed E-state index contributed by atoms with van der Waals surface area (Å²) in [5.41, 5.74) is 14.6. The Morgan fingerprint density at radius 2 is 2.18 bits per heavy atom. The molecule has 0 saturated heterocycles. The minimum atomic E-state index is 0.158. The van der Waals surface area contributed by atoms with Crippen molar-refractivity contribution >= 4 is 5.82 Å². The van der Waals surface area contributed by atoms with Gasteiger partial charge < -0.3 is 11.5 Å². The summed E-state index contributed by atoms with van der Waals surface area (Å²) in [6.45, 7) is 0. The van der Waals surface area contributed by atoms with Gasteiger partial charge >= 0.3 is 0 Å². The van der Waals surface area contributed by atoms with Crippen LogP contribution in [0.5, 0.6) is 0 Å². The van der Waals surface area contributed by atoms with Crippen LogP contribution >= 0.6 is 0 Å². The molecule has 92 valence electrons. The molecule has 0 radical (unpaired) electrons. The zero-order chi connectivity index (χ0) is 12.1. The number of anilines is 1. The van der Waals surface area contributed by atoms with Crippen molar-refractivity contribution in [3.63, 3.8) is 0 Å². The van der Waals surface area contributed by atoms with E-state index >= 15 is 0 Å². The summed E-state index contributed by atoms with van der Waals surface area (Å²) >= 11 is 0. The van der Waals surface area contributed by atoms with E-state index in [9.17, 15) is 0 Å². The molecule has 17 heavy (non-hydrogen) atoms. The van der Waals surface area contributed by atoms with Crippen molar-refractivity contribution in [1.29, 1.82) is 0 Å². The minimum absolute atomic E-state index is 0.158. The molecule has 1 aromatic heterocycles. The molecule has 0 saturated carbocycles. The van der Waals surface area contributed by atoms with E-state index in [0.717, 1.165) is 18.4 Å². The number of allylic oxidation sites excluding steroid dienone is 1. The highest BCUT2D eigenvalue weighted by atomic mass is 14.8. The van der Waals surface area contributed by atoms with Crippen LogP contribution in [0, 0.1) is 0 Å². The van der Waals surface area contributed by atoms with Gasteiger partial charge in [0.25, 0.3) is 0 Å². The molecule has 1 unspecified atom stereocenters. The lowest BCUT2D eigenvalue weighted by molar-refractivity contribution is 0.605. The number of rotatable bonds is 4. The Labute approximate surface area is 103 Å². The van der Waals surface area contributed by atoms with Crippen LogP contribution in [0.15, 0.2) is 30.0 Å². The Morgan fingerprint density at radius 3 is 2.88 bits per heavy atom. The van der Waals surface area contributed by atoms with Gasteiger partial charge in [-0.3, -0.25) is 0 Å². The molecule has 0 spiro atoms. The van der Waals surface area contributed by atoms with Gasteiger partial charge in [0.05, 0.1) is 0 Å². The summed E-state index contributed by atoms with van der Waals surface area (Å²) in [7, 11) is 0. The third kappa shape index (κ3) is 3.56. The van der Waals surface area contributed by atoms with Gasteiger partial charge in [-0.15, -0.1) is 0 Å². The molecule has 2 rings (SSSR count). The van der Waals surface area contributed by atoms with Gasteiger partial charge in [0, 0.05) is 12.2 Å². The molecular weight excluding hydrogens is 210 g/mol. The molecule has 0 amide bonds. The number of nitrogen functional groups attached to an aromatic ring is 1. The Kier molecular flexibility index (Phi) is 4.15. The first-order valence-electron chi connectivity index (χ1n) is 6.38. The van der Waals surface area contributed by atoms with E-state index in [1.54, 1.807) is 6.20 Å². The summed E-state index contributed by atoms with van der Waals surface area (Å²) in [5.74, 6) is 0.612. The Hall–Kier alpha value is -1.35. The average molecular weight is 231 g/mol. The van der Waals surface area contributed by atoms with E-state index in [1.807, 2.05) is 12.1 Å². The first-order chi connectivity index (χ1) is 8.25. The second-order valence-corrected chi connectivity index (χ2v) is 4.82. The van der Waals surface area contributed by atoms with Crippen molar-refractivity contribution in [1.82, 2.24) is 4.98 Å². The molecule has 0 aromatic carbocycles. The van der Waals surface area contributed by atoms with Crippen molar-refractivity contribution < 1.29 is 0 Å². The Morgan fingerprint density at radius 1 is 1.29 bits per heavy atom. The summed E-state index contributed by atoms with van der Waals surface area (Å²) < 4.78 is 0. The van der Waals surface area contributed by atoms with E-state index in [2.05, 4.69) is 11.1 Å². The molecule has 3 nitrogen and oxygen atoms in total. The Balaban J connectivity index is 1.91. The van der Waals surface area contributed by atoms with Crippen LogP contribution in [0.2, 0.25) is 0 Å². The van der Waals surface area contributed by atoms with E-state index in [-0.39, 0.29) is 6.04 Å². The second kappa shape index (κ2) is 5.82. The highest BCUT2D eigenvalue weighted by molar-refractivity contribution is 5.39. The van der Waals surface area contributed by atoms with Crippen LogP contribution in [-0.2, 0) is 6.42 Å². The van der Waals surface area contributed by atoms with Crippen molar-refractivity contribution in [2.45, 2.75) is 44.6 Å². The average Bonchev–Trinajstić information content (AvgIpc) is 2.33. The van der Waals surface area contributed by atoms with Gasteiger partial charge in [0.15, 0.2) is 0 Å². The smallest absolute Gasteiger partial charge is 0.126 e. The lowest BCUT2D eigenvalue weighted by Gasteiger charge is -2.17. The molecule has 1 heterocycles. The molecular formula is C14H21N3. The molecule has 3 heteroatoms. The molecule has 1 aromatic rings. The lowest BCUT2D eigenvalue weighted by Crippen LogP contribution is -2.24. The van der Waals surface area contributed by atoms with Crippen molar-refractivity contribution in [2.75, 3.05) is 5.73 Å². The fraction of sp³-hybridized carbons (Fsp3) is 0.500. The van der Waals surface area contributed by atoms with Gasteiger partial charge in [-0.05, 0) is 50.2 Å². The minimum Gasteiger partial charge on any atom is -0.383 e. The van der Waals surface area contributed by atoms with E-state index in [4.69, 9.17) is 11.5 Å². The van der Waals surface area contributed by atoms with Gasteiger partial charge in [0.2, 0.25) is 0 Å². The highest BCUT2D eigenvalue weighted by Crippen LogP contribution is 2.22. The topological polar surface area (TPSA) is 64.9 Å². The molecule has 0 bridgehead atoms. The summed E-state index contributed by atoms with van der Waals surface area (Å²) in [5, 5.41) is 0. The number of aromatic nitrogens is 1. The van der Waals surface area contributed by atoms with Crippen LogP contribution in [-0.4, -0.2) is 11.0 Å². The van der Waals surface area contributed by atoms with Gasteiger partial charge in [0.1, 0.15) is 5.82 Å². The normalized spacial score (nSPS) is 17.6. The zero-order valence-corrected chi connectivity index (χ0v) is 10.2. The Bertz CT molecular complexity index is 398. The monoisotopic (exact) mass is 231 g/mol. The maximum atomic E-state index is 6.18. The number of nitrogens with two attached hydrogens (primary N) is 2. The van der Waals surface area contributed by atoms with Gasteiger partial charge in [-0.2, -0.15) is 0 Å². The van der Waals surface area contributed by atoms with E-state index < -0.39 is 0 Å². The molecule has 1 aliphatic carbocycles. The van der Waals surface area contributed by atoms with Gasteiger partial charge in [-0.25, -0.2) is 4.98 Å². The number of nitrogens with zero attached hydrogens (tertiary/aromatic N) is 1. The first-order valence-corrected chi connectivity index (χ1v) is 6.38. The largest absolute Gasteiger partial charge is 0.383 e. The van der Waals surface area contributed by atoms with Gasteiger partial charge in [-0.1, -0.05) is 17.7 Å². The van der Waals surface area contributed by atoms with Crippen LogP contribution in [0.25, 0.3) is 0 Å². The summed E-state index contributed by atoms with van der Waals surface area (Å²) in [6, 6.07) is 4.08. The zero-order valence-electron chi connectivity index (χ0n) is 10.2.